The fourth-order valence-electron chi connectivity index (χ4n) is 3.09. The lowest BCUT2D eigenvalue weighted by molar-refractivity contribution is 0.0945. The molecule has 0 radical (unpaired) electrons. The molecule has 4 aromatic rings. The number of amides is 1. The van der Waals surface area contributed by atoms with Crippen LogP contribution in [0.1, 0.15) is 16.3 Å². The summed E-state index contributed by atoms with van der Waals surface area (Å²) in [5.74, 6) is 1.70. The Labute approximate surface area is 183 Å². The van der Waals surface area contributed by atoms with Crippen LogP contribution < -0.4 is 15.6 Å². The van der Waals surface area contributed by atoms with Crippen LogP contribution in [0.3, 0.4) is 0 Å². The van der Waals surface area contributed by atoms with Gasteiger partial charge in [0.15, 0.2) is 11.5 Å². The highest BCUT2D eigenvalue weighted by molar-refractivity contribution is 5.92. The third-order valence-electron chi connectivity index (χ3n) is 4.82. The molecule has 162 valence electrons. The van der Waals surface area contributed by atoms with E-state index >= 15 is 0 Å². The average Bonchev–Trinajstić information content (AvgIpc) is 3.26. The minimum Gasteiger partial charge on any atom is -0.497 e. The van der Waals surface area contributed by atoms with Crippen molar-refractivity contribution in [2.45, 2.75) is 13.5 Å². The van der Waals surface area contributed by atoms with Gasteiger partial charge in [0.25, 0.3) is 11.5 Å². The monoisotopic (exact) mass is 431 g/mol. The molecule has 1 amide bonds. The topological polar surface area (TPSA) is 117 Å². The first-order valence-electron chi connectivity index (χ1n) is 9.90. The van der Waals surface area contributed by atoms with E-state index < -0.39 is 0 Å². The second kappa shape index (κ2) is 9.21. The van der Waals surface area contributed by atoms with Crippen molar-refractivity contribution in [2.24, 2.45) is 0 Å². The zero-order chi connectivity index (χ0) is 22.5. The second-order valence-electron chi connectivity index (χ2n) is 6.89. The lowest BCUT2D eigenvalue weighted by Gasteiger charge is -2.09. The molecule has 0 saturated carbocycles. The van der Waals surface area contributed by atoms with E-state index in [0.29, 0.717) is 11.5 Å². The van der Waals surface area contributed by atoms with E-state index in [9.17, 15) is 9.59 Å². The van der Waals surface area contributed by atoms with E-state index in [-0.39, 0.29) is 30.2 Å². The molecule has 0 spiro atoms. The molecule has 0 aliphatic rings. The second-order valence-corrected chi connectivity index (χ2v) is 6.89. The maximum absolute atomic E-state index is 12.4. The smallest absolute Gasteiger partial charge is 0.271 e. The summed E-state index contributed by atoms with van der Waals surface area (Å²) < 4.78 is 8.24. The van der Waals surface area contributed by atoms with E-state index in [1.165, 1.54) is 10.7 Å². The molecule has 10 nitrogen and oxygen atoms in total. The van der Waals surface area contributed by atoms with Gasteiger partial charge >= 0.3 is 0 Å². The quantitative estimate of drug-likeness (QED) is 0.473. The number of nitrogens with zero attached hydrogens (tertiary/aromatic N) is 6. The molecule has 0 saturated heterocycles. The summed E-state index contributed by atoms with van der Waals surface area (Å²) in [7, 11) is 1.60. The molecule has 0 aliphatic carbocycles. The number of aryl methyl sites for hydroxylation is 1. The van der Waals surface area contributed by atoms with Crippen LogP contribution in [-0.4, -0.2) is 49.1 Å². The average molecular weight is 431 g/mol. The van der Waals surface area contributed by atoms with E-state index in [0.717, 1.165) is 17.1 Å². The van der Waals surface area contributed by atoms with Gasteiger partial charge in [-0.3, -0.25) is 14.2 Å². The van der Waals surface area contributed by atoms with E-state index in [2.05, 4.69) is 25.6 Å². The van der Waals surface area contributed by atoms with Gasteiger partial charge in [-0.1, -0.05) is 0 Å². The maximum atomic E-state index is 12.4. The fourth-order valence-corrected chi connectivity index (χ4v) is 3.09. The Bertz CT molecular complexity index is 1280. The van der Waals surface area contributed by atoms with Crippen molar-refractivity contribution < 1.29 is 9.53 Å². The lowest BCUT2D eigenvalue weighted by Crippen LogP contribution is -2.32. The fraction of sp³-hybridized carbons (Fsp3) is 0.182. The molecule has 3 aromatic heterocycles. The van der Waals surface area contributed by atoms with Gasteiger partial charge in [0.05, 0.1) is 19.3 Å². The van der Waals surface area contributed by atoms with Crippen molar-refractivity contribution in [3.8, 4) is 22.8 Å². The number of imidazole rings is 1. The molecule has 0 aliphatic heterocycles. The highest BCUT2D eigenvalue weighted by atomic mass is 16.5. The number of aromatic nitrogens is 6. The molecule has 10 heteroatoms. The predicted octanol–water partition coefficient (Wildman–Crippen LogP) is 1.63. The summed E-state index contributed by atoms with van der Waals surface area (Å²) in [6.45, 7) is 2.28. The van der Waals surface area contributed by atoms with Crippen molar-refractivity contribution in [3.05, 3.63) is 82.8 Å². The predicted molar refractivity (Wildman–Crippen MR) is 117 cm³/mol. The number of carbonyl (C=O) groups is 1. The number of nitrogens with one attached hydrogen (secondary N) is 1. The van der Waals surface area contributed by atoms with Gasteiger partial charge < -0.3 is 10.1 Å². The van der Waals surface area contributed by atoms with Gasteiger partial charge in [0.2, 0.25) is 0 Å². The molecule has 32 heavy (non-hydrogen) atoms. The molecular weight excluding hydrogens is 410 g/mol. The van der Waals surface area contributed by atoms with Crippen molar-refractivity contribution in [3.63, 3.8) is 0 Å². The minimum atomic E-state index is -0.384. The summed E-state index contributed by atoms with van der Waals surface area (Å²) in [6, 6.07) is 13.8. The van der Waals surface area contributed by atoms with Crippen molar-refractivity contribution >= 4 is 5.91 Å². The summed E-state index contributed by atoms with van der Waals surface area (Å²) in [4.78, 5) is 28.7. The molecule has 0 atom stereocenters. The van der Waals surface area contributed by atoms with Crippen molar-refractivity contribution in [2.75, 3.05) is 13.7 Å². The Morgan fingerprint density at radius 1 is 1.06 bits per heavy atom. The van der Waals surface area contributed by atoms with Crippen molar-refractivity contribution in [1.82, 2.24) is 34.8 Å². The van der Waals surface area contributed by atoms with Crippen LogP contribution in [0.25, 0.3) is 17.1 Å². The number of hydrogen-bond acceptors (Lipinski definition) is 7. The Balaban J connectivity index is 1.39. The summed E-state index contributed by atoms with van der Waals surface area (Å²) in [6.07, 6.45) is 3.43. The van der Waals surface area contributed by atoms with E-state index in [1.54, 1.807) is 42.3 Å². The number of carbonyl (C=O) groups excluding carboxylic acids is 1. The normalized spacial score (nSPS) is 10.7. The van der Waals surface area contributed by atoms with Gasteiger partial charge in [0.1, 0.15) is 11.6 Å². The molecule has 0 fully saturated rings. The third-order valence-corrected chi connectivity index (χ3v) is 4.82. The van der Waals surface area contributed by atoms with Crippen LogP contribution >= 0.6 is 0 Å². The number of rotatable bonds is 7. The SMILES string of the molecule is COc1ccc(-c2ccc(=O)n(CCNC(=O)c3ccc(-n4ccnc4C)nn3)n2)cc1. The molecule has 3 heterocycles. The summed E-state index contributed by atoms with van der Waals surface area (Å²) >= 11 is 0. The summed E-state index contributed by atoms with van der Waals surface area (Å²) in [5, 5.41) is 15.2. The van der Waals surface area contributed by atoms with Crippen LogP contribution in [0.4, 0.5) is 0 Å². The van der Waals surface area contributed by atoms with Crippen LogP contribution in [-0.2, 0) is 6.54 Å². The molecule has 1 aromatic carbocycles. The highest BCUT2D eigenvalue weighted by Crippen LogP contribution is 2.19. The Morgan fingerprint density at radius 2 is 1.88 bits per heavy atom. The number of benzene rings is 1. The van der Waals surface area contributed by atoms with Crippen LogP contribution in [0.2, 0.25) is 0 Å². The zero-order valence-electron chi connectivity index (χ0n) is 17.6. The first-order chi connectivity index (χ1) is 15.5. The van der Waals surface area contributed by atoms with Crippen LogP contribution in [0.15, 0.2) is 65.7 Å². The largest absolute Gasteiger partial charge is 0.497 e. The van der Waals surface area contributed by atoms with Gasteiger partial charge in [-0.05, 0) is 49.4 Å². The van der Waals surface area contributed by atoms with E-state index in [4.69, 9.17) is 4.74 Å². The zero-order valence-corrected chi connectivity index (χ0v) is 17.6. The highest BCUT2D eigenvalue weighted by Gasteiger charge is 2.10. The Morgan fingerprint density at radius 3 is 2.53 bits per heavy atom. The Hall–Kier alpha value is -4.34. The standard InChI is InChI=1S/C22H21N7O3/c1-15-23-11-13-28(15)20-9-7-19(25-26-20)22(31)24-12-14-29-21(30)10-8-18(27-29)16-3-5-17(32-2)6-4-16/h3-11,13H,12,14H2,1-2H3,(H,24,31). The molecule has 4 rings (SSSR count). The lowest BCUT2D eigenvalue weighted by atomic mass is 10.1. The first-order valence-corrected chi connectivity index (χ1v) is 9.90. The molecular formula is C22H21N7O3. The molecule has 0 bridgehead atoms. The molecule has 0 unspecified atom stereocenters. The number of methoxy groups -OCH3 is 1. The number of ether oxygens (including phenoxy) is 1. The minimum absolute atomic E-state index is 0.179. The molecule has 1 N–H and O–H groups in total. The van der Waals surface area contributed by atoms with Gasteiger partial charge in [0, 0.05) is 30.6 Å². The summed E-state index contributed by atoms with van der Waals surface area (Å²) in [5.41, 5.74) is 1.43. The van der Waals surface area contributed by atoms with E-state index in [1.807, 2.05) is 31.2 Å². The first kappa shape index (κ1) is 20.9. The van der Waals surface area contributed by atoms with Gasteiger partial charge in [-0.15, -0.1) is 10.2 Å². The number of hydrogen-bond donors (Lipinski definition) is 1. The van der Waals surface area contributed by atoms with Crippen molar-refractivity contribution in [1.29, 1.82) is 0 Å². The Kier molecular flexibility index (Phi) is 6.02. The third kappa shape index (κ3) is 4.53. The maximum Gasteiger partial charge on any atom is 0.271 e. The van der Waals surface area contributed by atoms with Crippen LogP contribution in [0.5, 0.6) is 5.75 Å². The van der Waals surface area contributed by atoms with Gasteiger partial charge in [-0.2, -0.15) is 5.10 Å². The van der Waals surface area contributed by atoms with Gasteiger partial charge in [-0.25, -0.2) is 9.67 Å². The van der Waals surface area contributed by atoms with Crippen LogP contribution in [0, 0.1) is 6.92 Å².